The minimum absolute atomic E-state index is 0.298. The van der Waals surface area contributed by atoms with Gasteiger partial charge in [-0.3, -0.25) is 9.69 Å². The number of carbonyl (C=O) groups excluding carboxylic acids is 2. The Kier molecular flexibility index (Phi) is 7.33. The van der Waals surface area contributed by atoms with E-state index in [1.165, 1.54) is 4.90 Å². The zero-order valence-electron chi connectivity index (χ0n) is 15.2. The average molecular weight is 411 g/mol. The molecule has 0 radical (unpaired) electrons. The first-order valence-corrected chi connectivity index (χ1v) is 9.00. The lowest BCUT2D eigenvalue weighted by Gasteiger charge is -2.18. The Morgan fingerprint density at radius 3 is 2.41 bits per heavy atom. The summed E-state index contributed by atoms with van der Waals surface area (Å²) in [6, 6.07) is 11.6. The molecule has 0 bridgehead atoms. The molecule has 0 aliphatic carbocycles. The second-order valence-electron chi connectivity index (χ2n) is 5.63. The third-order valence-electron chi connectivity index (χ3n) is 3.63. The lowest BCUT2D eigenvalue weighted by Crippen LogP contribution is -2.30. The zero-order valence-corrected chi connectivity index (χ0v) is 16.7. The lowest BCUT2D eigenvalue weighted by molar-refractivity contribution is -0.122. The average Bonchev–Trinajstić information content (AvgIpc) is 2.64. The third kappa shape index (κ3) is 5.77. The summed E-state index contributed by atoms with van der Waals surface area (Å²) < 4.78 is 10.5. The number of ether oxygens (including phenoxy) is 2. The number of carbonyl (C=O) groups is 2. The largest absolute Gasteiger partial charge is 0.479 e. The second-order valence-corrected chi connectivity index (χ2v) is 6.47. The van der Waals surface area contributed by atoms with Gasteiger partial charge in [0.15, 0.2) is 6.10 Å². The number of benzene rings is 2. The van der Waals surface area contributed by atoms with E-state index in [0.717, 1.165) is 0 Å². The Hall–Kier alpha value is -2.44. The number of hydrogen-bond donors (Lipinski definition) is 1. The molecule has 8 heteroatoms. The van der Waals surface area contributed by atoms with E-state index in [9.17, 15) is 9.59 Å². The Morgan fingerprint density at radius 2 is 1.81 bits per heavy atom. The van der Waals surface area contributed by atoms with Crippen LogP contribution in [0.2, 0.25) is 10.0 Å². The van der Waals surface area contributed by atoms with E-state index in [1.807, 2.05) is 0 Å². The Morgan fingerprint density at radius 1 is 1.15 bits per heavy atom. The predicted molar refractivity (Wildman–Crippen MR) is 107 cm³/mol. The van der Waals surface area contributed by atoms with E-state index in [1.54, 1.807) is 63.4 Å². The highest BCUT2D eigenvalue weighted by molar-refractivity contribution is 6.35. The van der Waals surface area contributed by atoms with Crippen molar-refractivity contribution in [2.45, 2.75) is 20.0 Å². The molecule has 0 aliphatic rings. The molecule has 0 saturated carbocycles. The molecule has 0 aromatic heterocycles. The first kappa shape index (κ1) is 20.9. The van der Waals surface area contributed by atoms with Crippen molar-refractivity contribution in [1.82, 2.24) is 0 Å². The van der Waals surface area contributed by atoms with Crippen molar-refractivity contribution in [3.63, 3.8) is 0 Å². The second kappa shape index (κ2) is 9.48. The van der Waals surface area contributed by atoms with Crippen molar-refractivity contribution >= 4 is 46.6 Å². The van der Waals surface area contributed by atoms with Crippen LogP contribution in [0.15, 0.2) is 42.5 Å². The molecule has 2 aromatic rings. The van der Waals surface area contributed by atoms with Gasteiger partial charge in [0.2, 0.25) is 0 Å². The Balaban J connectivity index is 1.97. The summed E-state index contributed by atoms with van der Waals surface area (Å²) in [5.41, 5.74) is 1.21. The van der Waals surface area contributed by atoms with E-state index in [2.05, 4.69) is 5.32 Å². The van der Waals surface area contributed by atoms with Crippen LogP contribution in [0.4, 0.5) is 16.2 Å². The molecule has 1 atom stereocenters. The number of amides is 2. The third-order valence-corrected chi connectivity index (χ3v) is 4.16. The van der Waals surface area contributed by atoms with E-state index in [4.69, 9.17) is 32.7 Å². The topological polar surface area (TPSA) is 67.9 Å². The van der Waals surface area contributed by atoms with Gasteiger partial charge in [-0.15, -0.1) is 0 Å². The molecule has 6 nitrogen and oxygen atoms in total. The van der Waals surface area contributed by atoms with Crippen LogP contribution in [-0.2, 0) is 9.53 Å². The predicted octanol–water partition coefficient (Wildman–Crippen LogP) is 4.99. The van der Waals surface area contributed by atoms with Gasteiger partial charge in [0, 0.05) is 23.4 Å². The summed E-state index contributed by atoms with van der Waals surface area (Å²) in [5.74, 6) is 0.0302. The van der Waals surface area contributed by atoms with Gasteiger partial charge in [-0.2, -0.15) is 0 Å². The Labute approximate surface area is 168 Å². The first-order valence-electron chi connectivity index (χ1n) is 8.25. The highest BCUT2D eigenvalue weighted by Crippen LogP contribution is 2.28. The van der Waals surface area contributed by atoms with E-state index in [0.29, 0.717) is 33.8 Å². The molecular formula is C19H20Cl2N2O4. The quantitative estimate of drug-likeness (QED) is 0.727. The van der Waals surface area contributed by atoms with Crippen molar-refractivity contribution in [2.75, 3.05) is 23.9 Å². The van der Waals surface area contributed by atoms with Crippen LogP contribution in [0.3, 0.4) is 0 Å². The fraction of sp³-hybridized carbons (Fsp3) is 0.263. The highest BCUT2D eigenvalue weighted by Gasteiger charge is 2.17. The van der Waals surface area contributed by atoms with Gasteiger partial charge < -0.3 is 14.8 Å². The molecule has 2 aromatic carbocycles. The summed E-state index contributed by atoms with van der Waals surface area (Å²) in [6.07, 6.45) is -1.22. The molecule has 0 heterocycles. The number of rotatable bonds is 6. The maximum Gasteiger partial charge on any atom is 0.413 e. The van der Waals surface area contributed by atoms with E-state index < -0.39 is 12.2 Å². The standard InChI is InChI=1S/C19H20Cl2N2O4/c1-4-26-19(25)23(3)15-8-6-14(7-9-15)22-18(24)12(2)27-17-10-5-13(20)11-16(17)21/h5-12H,4H2,1-3H3,(H,22,24). The summed E-state index contributed by atoms with van der Waals surface area (Å²) in [7, 11) is 1.61. The van der Waals surface area contributed by atoms with Gasteiger partial charge in [-0.1, -0.05) is 23.2 Å². The molecule has 144 valence electrons. The van der Waals surface area contributed by atoms with Crippen LogP contribution in [-0.4, -0.2) is 31.8 Å². The van der Waals surface area contributed by atoms with E-state index >= 15 is 0 Å². The number of halogens is 2. The summed E-state index contributed by atoms with van der Waals surface area (Å²) >= 11 is 11.9. The first-order chi connectivity index (χ1) is 12.8. The van der Waals surface area contributed by atoms with Crippen LogP contribution in [0.1, 0.15) is 13.8 Å². The molecule has 27 heavy (non-hydrogen) atoms. The van der Waals surface area contributed by atoms with Gasteiger partial charge in [-0.25, -0.2) is 4.79 Å². The van der Waals surface area contributed by atoms with Crippen molar-refractivity contribution in [3.05, 3.63) is 52.5 Å². The van der Waals surface area contributed by atoms with Crippen LogP contribution < -0.4 is 15.0 Å². The SMILES string of the molecule is CCOC(=O)N(C)c1ccc(NC(=O)C(C)Oc2ccc(Cl)cc2Cl)cc1. The van der Waals surface area contributed by atoms with Crippen LogP contribution in [0, 0.1) is 0 Å². The molecule has 1 unspecified atom stereocenters. The molecule has 2 rings (SSSR count). The summed E-state index contributed by atoms with van der Waals surface area (Å²) in [6.45, 7) is 3.65. The molecule has 1 N–H and O–H groups in total. The maximum atomic E-state index is 12.3. The van der Waals surface area contributed by atoms with Crippen LogP contribution in [0.25, 0.3) is 0 Å². The molecule has 0 saturated heterocycles. The fourth-order valence-corrected chi connectivity index (χ4v) is 2.61. The van der Waals surface area contributed by atoms with Gasteiger partial charge in [0.25, 0.3) is 5.91 Å². The van der Waals surface area contributed by atoms with E-state index in [-0.39, 0.29) is 5.91 Å². The number of nitrogens with zero attached hydrogens (tertiary/aromatic N) is 1. The van der Waals surface area contributed by atoms with Crippen LogP contribution >= 0.6 is 23.2 Å². The molecular weight excluding hydrogens is 391 g/mol. The lowest BCUT2D eigenvalue weighted by atomic mass is 10.2. The van der Waals surface area contributed by atoms with Crippen molar-refractivity contribution in [1.29, 1.82) is 0 Å². The van der Waals surface area contributed by atoms with Gasteiger partial charge in [0.05, 0.1) is 11.6 Å². The maximum absolute atomic E-state index is 12.3. The summed E-state index contributed by atoms with van der Waals surface area (Å²) in [4.78, 5) is 25.4. The fourth-order valence-electron chi connectivity index (χ4n) is 2.15. The van der Waals surface area contributed by atoms with Crippen molar-refractivity contribution in [2.24, 2.45) is 0 Å². The van der Waals surface area contributed by atoms with Gasteiger partial charge >= 0.3 is 6.09 Å². The monoisotopic (exact) mass is 410 g/mol. The number of hydrogen-bond acceptors (Lipinski definition) is 4. The minimum Gasteiger partial charge on any atom is -0.479 e. The molecule has 0 aliphatic heterocycles. The van der Waals surface area contributed by atoms with Gasteiger partial charge in [-0.05, 0) is 56.3 Å². The minimum atomic E-state index is -0.773. The zero-order chi connectivity index (χ0) is 20.0. The number of nitrogens with one attached hydrogen (secondary N) is 1. The normalized spacial score (nSPS) is 11.4. The summed E-state index contributed by atoms with van der Waals surface area (Å²) in [5, 5.41) is 3.56. The van der Waals surface area contributed by atoms with Crippen molar-refractivity contribution < 1.29 is 19.1 Å². The molecule has 0 fully saturated rings. The smallest absolute Gasteiger partial charge is 0.413 e. The number of anilines is 2. The van der Waals surface area contributed by atoms with Gasteiger partial charge in [0.1, 0.15) is 5.75 Å². The highest BCUT2D eigenvalue weighted by atomic mass is 35.5. The van der Waals surface area contributed by atoms with Crippen molar-refractivity contribution in [3.8, 4) is 5.75 Å². The van der Waals surface area contributed by atoms with Crippen LogP contribution in [0.5, 0.6) is 5.75 Å². The molecule has 2 amide bonds. The molecule has 0 spiro atoms. The Bertz CT molecular complexity index is 812.